The predicted molar refractivity (Wildman–Crippen MR) is 84.2 cm³/mol. The van der Waals surface area contributed by atoms with Crippen LogP contribution in [-0.4, -0.2) is 46.0 Å². The summed E-state index contributed by atoms with van der Waals surface area (Å²) < 4.78 is 0. The summed E-state index contributed by atoms with van der Waals surface area (Å²) in [5.74, 6) is -0.573. The molecule has 1 aromatic rings. The van der Waals surface area contributed by atoms with E-state index >= 15 is 0 Å². The van der Waals surface area contributed by atoms with Gasteiger partial charge in [-0.15, -0.1) is 0 Å². The lowest BCUT2D eigenvalue weighted by atomic mass is 9.97. The second-order valence-electron chi connectivity index (χ2n) is 5.86. The van der Waals surface area contributed by atoms with E-state index in [1.165, 1.54) is 6.07 Å². The molecule has 2 N–H and O–H groups in total. The molecule has 23 heavy (non-hydrogen) atoms. The Morgan fingerprint density at radius 1 is 1.43 bits per heavy atom. The van der Waals surface area contributed by atoms with E-state index in [0.717, 1.165) is 6.42 Å². The molecule has 0 saturated carbocycles. The lowest BCUT2D eigenvalue weighted by Gasteiger charge is -2.24. The molecular formula is C15H17ClN4O3. The summed E-state index contributed by atoms with van der Waals surface area (Å²) in [6, 6.07) is 1.14. The molecule has 2 heterocycles. The molecule has 8 heteroatoms. The van der Waals surface area contributed by atoms with Crippen molar-refractivity contribution in [2.24, 2.45) is 0 Å². The number of amides is 2. The van der Waals surface area contributed by atoms with Crippen LogP contribution in [0, 0.1) is 6.92 Å². The first-order valence-corrected chi connectivity index (χ1v) is 7.87. The molecule has 1 atom stereocenters. The number of nitrogens with zero attached hydrogens (tertiary/aromatic N) is 2. The average Bonchev–Trinajstić information content (AvgIpc) is 2.94. The fourth-order valence-electron chi connectivity index (χ4n) is 2.73. The Labute approximate surface area is 137 Å². The molecule has 1 aromatic heterocycles. The zero-order valence-electron chi connectivity index (χ0n) is 12.7. The van der Waals surface area contributed by atoms with Crippen molar-refractivity contribution in [2.45, 2.75) is 32.2 Å². The highest BCUT2D eigenvalue weighted by Crippen LogP contribution is 2.32. The monoisotopic (exact) mass is 336 g/mol. The number of hydrogen-bond acceptors (Lipinski definition) is 4. The highest BCUT2D eigenvalue weighted by atomic mass is 35.5. The number of nitrogens with one attached hydrogen (secondary N) is 2. The van der Waals surface area contributed by atoms with Crippen LogP contribution in [0.4, 0.5) is 0 Å². The van der Waals surface area contributed by atoms with E-state index in [9.17, 15) is 14.4 Å². The van der Waals surface area contributed by atoms with E-state index < -0.39 is 11.3 Å². The summed E-state index contributed by atoms with van der Waals surface area (Å²) in [6.45, 7) is 2.67. The summed E-state index contributed by atoms with van der Waals surface area (Å²) in [5, 5.41) is 9.79. The van der Waals surface area contributed by atoms with Crippen molar-refractivity contribution >= 4 is 23.4 Å². The molecule has 2 aliphatic rings. The van der Waals surface area contributed by atoms with Crippen molar-refractivity contribution in [1.29, 1.82) is 0 Å². The first-order chi connectivity index (χ1) is 11.0. The average molecular weight is 337 g/mol. The van der Waals surface area contributed by atoms with Gasteiger partial charge in [0.15, 0.2) is 5.69 Å². The summed E-state index contributed by atoms with van der Waals surface area (Å²) in [6.07, 6.45) is 2.12. The molecule has 0 radical (unpaired) electrons. The number of carbonyl (C=O) groups excluding carboxylic acids is 2. The normalized spacial score (nSPS) is 20.4. The maximum Gasteiger partial charge on any atom is 0.276 e. The minimum absolute atomic E-state index is 0.0516. The maximum absolute atomic E-state index is 12.2. The van der Waals surface area contributed by atoms with E-state index in [0.29, 0.717) is 42.2 Å². The summed E-state index contributed by atoms with van der Waals surface area (Å²) in [4.78, 5) is 37.8. The number of hydrogen-bond donors (Lipinski definition) is 2. The molecule has 3 rings (SSSR count). The second-order valence-corrected chi connectivity index (χ2v) is 6.31. The van der Waals surface area contributed by atoms with Gasteiger partial charge in [-0.1, -0.05) is 11.6 Å². The molecular weight excluding hydrogens is 320 g/mol. The summed E-state index contributed by atoms with van der Waals surface area (Å²) in [5.41, 5.74) is 0.686. The molecule has 0 spiro atoms. The fourth-order valence-corrected chi connectivity index (χ4v) is 3.00. The zero-order chi connectivity index (χ0) is 16.6. The highest BCUT2D eigenvalue weighted by Gasteiger charge is 2.32. The molecule has 0 bridgehead atoms. The topological polar surface area (TPSA) is 95.2 Å². The molecule has 2 amide bonds. The van der Waals surface area contributed by atoms with Crippen molar-refractivity contribution in [2.75, 3.05) is 13.1 Å². The van der Waals surface area contributed by atoms with Gasteiger partial charge < -0.3 is 10.2 Å². The summed E-state index contributed by atoms with van der Waals surface area (Å²) in [7, 11) is 0. The lowest BCUT2D eigenvalue weighted by Crippen LogP contribution is -2.41. The van der Waals surface area contributed by atoms with E-state index in [4.69, 9.17) is 11.6 Å². The molecule has 7 nitrogen and oxygen atoms in total. The number of halogens is 1. The molecule has 0 aromatic carbocycles. The van der Waals surface area contributed by atoms with Crippen molar-refractivity contribution < 1.29 is 9.59 Å². The standard InChI is InChI=1S/C15H17ClN4O3/c1-8-6-12(21)13(19-18-8)14(22)17-9-4-5-20(7-9)15(23)10-2-3-11(10)16/h6,9H,2-5,7H2,1H3,(H,17,22)(H,18,21). The Morgan fingerprint density at radius 2 is 2.22 bits per heavy atom. The largest absolute Gasteiger partial charge is 0.346 e. The second kappa shape index (κ2) is 6.16. The highest BCUT2D eigenvalue weighted by molar-refractivity contribution is 6.33. The fraction of sp³-hybridized carbons (Fsp3) is 0.467. The van der Waals surface area contributed by atoms with E-state index in [1.54, 1.807) is 11.8 Å². The first-order valence-electron chi connectivity index (χ1n) is 7.49. The number of rotatable bonds is 3. The van der Waals surface area contributed by atoms with E-state index in [2.05, 4.69) is 15.5 Å². The van der Waals surface area contributed by atoms with Gasteiger partial charge in [-0.05, 0) is 26.2 Å². The molecule has 1 fully saturated rings. The Kier molecular flexibility index (Phi) is 4.21. The Balaban J connectivity index is 1.61. The van der Waals surface area contributed by atoms with Gasteiger partial charge in [0, 0.05) is 41.5 Å². The smallest absolute Gasteiger partial charge is 0.276 e. The van der Waals surface area contributed by atoms with Crippen LogP contribution in [0.2, 0.25) is 0 Å². The number of aromatic amines is 1. The minimum Gasteiger partial charge on any atom is -0.346 e. The van der Waals surface area contributed by atoms with Crippen molar-refractivity contribution in [3.05, 3.63) is 38.3 Å². The van der Waals surface area contributed by atoms with Gasteiger partial charge in [-0.2, -0.15) is 5.10 Å². The van der Waals surface area contributed by atoms with Crippen LogP contribution in [0.1, 0.15) is 35.4 Å². The van der Waals surface area contributed by atoms with Crippen LogP contribution in [-0.2, 0) is 4.79 Å². The quantitative estimate of drug-likeness (QED) is 0.849. The van der Waals surface area contributed by atoms with Crippen molar-refractivity contribution in [3.63, 3.8) is 0 Å². The van der Waals surface area contributed by atoms with E-state index in [-0.39, 0.29) is 17.6 Å². The molecule has 1 unspecified atom stereocenters. The van der Waals surface area contributed by atoms with Crippen molar-refractivity contribution in [1.82, 2.24) is 20.4 Å². The Bertz CT molecular complexity index is 755. The van der Waals surface area contributed by atoms with Crippen LogP contribution in [0.15, 0.2) is 21.5 Å². The third-order valence-corrected chi connectivity index (χ3v) is 4.55. The number of aromatic nitrogens is 2. The van der Waals surface area contributed by atoms with Crippen LogP contribution >= 0.6 is 11.6 Å². The number of aryl methyl sites for hydroxylation is 1. The Morgan fingerprint density at radius 3 is 2.83 bits per heavy atom. The number of H-pyrrole nitrogens is 1. The van der Waals surface area contributed by atoms with Crippen LogP contribution in [0.5, 0.6) is 0 Å². The van der Waals surface area contributed by atoms with Gasteiger partial charge in [-0.3, -0.25) is 19.5 Å². The van der Waals surface area contributed by atoms with Gasteiger partial charge in [0.2, 0.25) is 5.43 Å². The minimum atomic E-state index is -0.522. The van der Waals surface area contributed by atoms with Crippen LogP contribution in [0.3, 0.4) is 0 Å². The zero-order valence-corrected chi connectivity index (χ0v) is 13.4. The first kappa shape index (κ1) is 15.7. The van der Waals surface area contributed by atoms with E-state index in [1.807, 2.05) is 0 Å². The number of allylic oxidation sites excluding steroid dienone is 1. The SMILES string of the molecule is Cc1cc(=O)c(C(=O)NC2CCN(C(=O)C3=C(Cl)CC3)C2)n[nH]1. The van der Waals surface area contributed by atoms with Gasteiger partial charge in [0.05, 0.1) is 0 Å². The van der Waals surface area contributed by atoms with Crippen LogP contribution < -0.4 is 10.7 Å². The van der Waals surface area contributed by atoms with Gasteiger partial charge in [0.1, 0.15) is 0 Å². The maximum atomic E-state index is 12.2. The number of likely N-dealkylation sites (tertiary alicyclic amines) is 1. The lowest BCUT2D eigenvalue weighted by molar-refractivity contribution is -0.126. The molecule has 1 aliphatic heterocycles. The number of carbonyl (C=O) groups is 2. The molecule has 1 aliphatic carbocycles. The van der Waals surface area contributed by atoms with Crippen LogP contribution in [0.25, 0.3) is 0 Å². The summed E-state index contributed by atoms with van der Waals surface area (Å²) >= 11 is 5.94. The third kappa shape index (κ3) is 3.14. The predicted octanol–water partition coefficient (Wildman–Crippen LogP) is 0.696. The molecule has 1 saturated heterocycles. The van der Waals surface area contributed by atoms with Crippen molar-refractivity contribution in [3.8, 4) is 0 Å². The Hall–Kier alpha value is -2.15. The van der Waals surface area contributed by atoms with Gasteiger partial charge >= 0.3 is 0 Å². The molecule has 122 valence electrons. The third-order valence-electron chi connectivity index (χ3n) is 4.13. The van der Waals surface area contributed by atoms with Gasteiger partial charge in [0.25, 0.3) is 11.8 Å². The van der Waals surface area contributed by atoms with Gasteiger partial charge in [-0.25, -0.2) is 0 Å².